The van der Waals surface area contributed by atoms with Gasteiger partial charge < -0.3 is 14.7 Å². The zero-order valence-electron chi connectivity index (χ0n) is 18.0. The van der Waals surface area contributed by atoms with E-state index in [4.69, 9.17) is 4.74 Å². The van der Waals surface area contributed by atoms with Gasteiger partial charge in [-0.2, -0.15) is 15.0 Å². The molecule has 3 heterocycles. The second-order valence-corrected chi connectivity index (χ2v) is 8.04. The number of piperidine rings is 1. The lowest BCUT2D eigenvalue weighted by Crippen LogP contribution is -2.55. The molecular weight excluding hydrogens is 444 g/mol. The predicted molar refractivity (Wildman–Crippen MR) is 119 cm³/mol. The molecule has 1 aliphatic rings. The summed E-state index contributed by atoms with van der Waals surface area (Å²) in [7, 11) is 0. The van der Waals surface area contributed by atoms with Crippen LogP contribution < -0.4 is 4.74 Å². The van der Waals surface area contributed by atoms with Crippen molar-refractivity contribution in [3.8, 4) is 11.6 Å². The molecule has 4 aromatic rings. The topological polar surface area (TPSA) is 93.4 Å². The lowest BCUT2D eigenvalue weighted by Gasteiger charge is -2.38. The molecule has 1 N–H and O–H groups in total. The summed E-state index contributed by atoms with van der Waals surface area (Å²) >= 11 is 0. The summed E-state index contributed by atoms with van der Waals surface area (Å²) in [4.78, 5) is 20.4. The van der Waals surface area contributed by atoms with Gasteiger partial charge in [-0.3, -0.25) is 4.79 Å². The Labute approximate surface area is 193 Å². The molecule has 1 fully saturated rings. The van der Waals surface area contributed by atoms with E-state index in [-0.39, 0.29) is 31.1 Å². The molecule has 1 unspecified atom stereocenters. The third-order valence-electron chi connectivity index (χ3n) is 5.80. The first-order chi connectivity index (χ1) is 16.4. The van der Waals surface area contributed by atoms with Crippen molar-refractivity contribution in [1.29, 1.82) is 0 Å². The summed E-state index contributed by atoms with van der Waals surface area (Å²) in [5, 5.41) is 18.5. The van der Waals surface area contributed by atoms with E-state index in [0.29, 0.717) is 16.8 Å². The third kappa shape index (κ3) is 4.19. The maximum absolute atomic E-state index is 14.8. The van der Waals surface area contributed by atoms with Gasteiger partial charge in [-0.25, -0.2) is 13.8 Å². The number of halogens is 2. The third-order valence-corrected chi connectivity index (χ3v) is 5.80. The Morgan fingerprint density at radius 2 is 1.91 bits per heavy atom. The molecule has 5 rings (SSSR count). The fourth-order valence-electron chi connectivity index (χ4n) is 3.97. The summed E-state index contributed by atoms with van der Waals surface area (Å²) in [5.41, 5.74) is 1.73. The number of pyridine rings is 1. The Morgan fingerprint density at radius 3 is 2.71 bits per heavy atom. The molecule has 1 atom stereocenters. The minimum Gasteiger partial charge on any atom is -0.466 e. The first-order valence-electron chi connectivity index (χ1n) is 10.7. The molecule has 10 heteroatoms. The molecule has 1 aliphatic heterocycles. The molecule has 34 heavy (non-hydrogen) atoms. The standard InChI is InChI=1S/C24H21F2N5O3/c25-24(26)9-12-30(14-21(24)34-22-8-6-17-3-1-2-4-19(17)29-22)23(33)18-13-16(15-32)5-7-20(18)31-27-10-11-28-31/h1-8,10-11,13,21,32H,9,12,14-15H2. The largest absolute Gasteiger partial charge is 0.466 e. The number of aliphatic hydroxyl groups excluding tert-OH is 1. The molecule has 8 nitrogen and oxygen atoms in total. The predicted octanol–water partition coefficient (Wildman–Crippen LogP) is 3.24. The summed E-state index contributed by atoms with van der Waals surface area (Å²) in [6.07, 6.45) is 0.823. The van der Waals surface area contributed by atoms with Crippen molar-refractivity contribution in [2.24, 2.45) is 0 Å². The van der Waals surface area contributed by atoms with Gasteiger partial charge in [0, 0.05) is 24.4 Å². The van der Waals surface area contributed by atoms with Gasteiger partial charge in [0.1, 0.15) is 0 Å². The molecule has 1 amide bonds. The van der Waals surface area contributed by atoms with Crippen LogP contribution in [0, 0.1) is 0 Å². The van der Waals surface area contributed by atoms with Gasteiger partial charge in [0.05, 0.1) is 42.3 Å². The Kier molecular flexibility index (Phi) is 5.66. The number of amides is 1. The number of hydrogen-bond acceptors (Lipinski definition) is 6. The van der Waals surface area contributed by atoms with Crippen LogP contribution in [-0.4, -0.2) is 61.0 Å². The lowest BCUT2D eigenvalue weighted by molar-refractivity contribution is -0.131. The molecule has 174 valence electrons. The molecule has 2 aromatic heterocycles. The number of nitrogens with zero attached hydrogens (tertiary/aromatic N) is 5. The number of para-hydroxylation sites is 1. The van der Waals surface area contributed by atoms with E-state index in [0.717, 1.165) is 5.39 Å². The number of likely N-dealkylation sites (tertiary alicyclic amines) is 1. The number of aromatic nitrogens is 4. The Bertz CT molecular complexity index is 1330. The van der Waals surface area contributed by atoms with E-state index in [2.05, 4.69) is 15.2 Å². The number of benzene rings is 2. The van der Waals surface area contributed by atoms with Crippen LogP contribution in [0.2, 0.25) is 0 Å². The molecule has 2 aromatic carbocycles. The van der Waals surface area contributed by atoms with Gasteiger partial charge in [-0.05, 0) is 29.8 Å². The second-order valence-electron chi connectivity index (χ2n) is 8.04. The van der Waals surface area contributed by atoms with E-state index >= 15 is 0 Å². The van der Waals surface area contributed by atoms with E-state index in [9.17, 15) is 18.7 Å². The lowest BCUT2D eigenvalue weighted by atomic mass is 10.0. The van der Waals surface area contributed by atoms with Crippen LogP contribution in [0.3, 0.4) is 0 Å². The van der Waals surface area contributed by atoms with Gasteiger partial charge in [0.15, 0.2) is 6.10 Å². The first-order valence-corrected chi connectivity index (χ1v) is 10.7. The van der Waals surface area contributed by atoms with Gasteiger partial charge in [-0.1, -0.05) is 24.3 Å². The summed E-state index contributed by atoms with van der Waals surface area (Å²) in [5.74, 6) is -3.54. The van der Waals surface area contributed by atoms with Gasteiger partial charge in [-0.15, -0.1) is 0 Å². The van der Waals surface area contributed by atoms with Gasteiger partial charge in [0.2, 0.25) is 5.88 Å². The van der Waals surface area contributed by atoms with Crippen molar-refractivity contribution in [3.63, 3.8) is 0 Å². The highest BCUT2D eigenvalue weighted by Crippen LogP contribution is 2.33. The SMILES string of the molecule is O=C(c1cc(CO)ccc1-n1nccn1)N1CCC(F)(F)C(Oc2ccc3ccccc3n2)C1. The van der Waals surface area contributed by atoms with Crippen LogP contribution in [0.5, 0.6) is 5.88 Å². The van der Waals surface area contributed by atoms with E-state index in [1.165, 1.54) is 28.2 Å². The minimum atomic E-state index is -3.14. The Morgan fingerprint density at radius 1 is 1.12 bits per heavy atom. The fraction of sp³-hybridized carbons (Fsp3) is 0.250. The number of alkyl halides is 2. The fourth-order valence-corrected chi connectivity index (χ4v) is 3.97. The second kappa shape index (κ2) is 8.79. The van der Waals surface area contributed by atoms with Crippen molar-refractivity contribution in [2.45, 2.75) is 25.1 Å². The number of carbonyl (C=O) groups excluding carboxylic acids is 1. The molecule has 0 saturated carbocycles. The Hall–Kier alpha value is -3.92. The first kappa shape index (κ1) is 21.9. The number of carbonyl (C=O) groups is 1. The summed E-state index contributed by atoms with van der Waals surface area (Å²) in [6, 6.07) is 15.4. The Balaban J connectivity index is 1.42. The van der Waals surface area contributed by atoms with Crippen LogP contribution in [0.15, 0.2) is 67.0 Å². The maximum Gasteiger partial charge on any atom is 0.287 e. The smallest absolute Gasteiger partial charge is 0.287 e. The van der Waals surface area contributed by atoms with E-state index < -0.39 is 24.4 Å². The number of hydrogen-bond donors (Lipinski definition) is 1. The van der Waals surface area contributed by atoms with Crippen LogP contribution in [0.25, 0.3) is 16.6 Å². The van der Waals surface area contributed by atoms with Crippen LogP contribution in [-0.2, 0) is 6.61 Å². The van der Waals surface area contributed by atoms with Gasteiger partial charge in [0.25, 0.3) is 11.8 Å². The van der Waals surface area contributed by atoms with Gasteiger partial charge >= 0.3 is 0 Å². The molecule has 0 spiro atoms. The average molecular weight is 465 g/mol. The minimum absolute atomic E-state index is 0.0707. The van der Waals surface area contributed by atoms with Crippen molar-refractivity contribution in [2.75, 3.05) is 13.1 Å². The quantitative estimate of drug-likeness (QED) is 0.487. The number of rotatable bonds is 5. The summed E-state index contributed by atoms with van der Waals surface area (Å²) in [6.45, 7) is -0.744. The molecular formula is C24H21F2N5O3. The normalized spacial score (nSPS) is 17.6. The molecule has 0 radical (unpaired) electrons. The highest BCUT2D eigenvalue weighted by Gasteiger charge is 2.47. The van der Waals surface area contributed by atoms with Crippen molar-refractivity contribution in [1.82, 2.24) is 24.9 Å². The van der Waals surface area contributed by atoms with Crippen LogP contribution in [0.1, 0.15) is 22.3 Å². The van der Waals surface area contributed by atoms with Crippen LogP contribution in [0.4, 0.5) is 8.78 Å². The highest BCUT2D eigenvalue weighted by atomic mass is 19.3. The number of aliphatic hydroxyl groups is 1. The van der Waals surface area contributed by atoms with Crippen molar-refractivity contribution in [3.05, 3.63) is 78.1 Å². The number of fused-ring (bicyclic) bond motifs is 1. The zero-order chi connectivity index (χ0) is 23.7. The highest BCUT2D eigenvalue weighted by molar-refractivity contribution is 5.98. The van der Waals surface area contributed by atoms with Crippen LogP contribution >= 0.6 is 0 Å². The molecule has 0 aliphatic carbocycles. The van der Waals surface area contributed by atoms with Crippen molar-refractivity contribution < 1.29 is 23.4 Å². The zero-order valence-corrected chi connectivity index (χ0v) is 18.0. The maximum atomic E-state index is 14.8. The monoisotopic (exact) mass is 465 g/mol. The van der Waals surface area contributed by atoms with E-state index in [1.807, 2.05) is 12.1 Å². The number of ether oxygens (including phenoxy) is 1. The molecule has 1 saturated heterocycles. The van der Waals surface area contributed by atoms with Crippen molar-refractivity contribution >= 4 is 16.8 Å². The molecule has 0 bridgehead atoms. The van der Waals surface area contributed by atoms with E-state index in [1.54, 1.807) is 36.4 Å². The average Bonchev–Trinajstić information content (AvgIpc) is 3.39. The summed E-state index contributed by atoms with van der Waals surface area (Å²) < 4.78 is 35.2.